The Hall–Kier alpha value is -1.06. The standard InChI is InChI=1S/C18H27NO2/c1-13-5-6-14(11-16(13)20-2)17(19)15-7-10-21-18(12-15)8-3-4-9-18/h5-6,11,15,17H,3-4,7-10,12,19H2,1-2H3. The van der Waals surface area contributed by atoms with Gasteiger partial charge in [-0.3, -0.25) is 0 Å². The van der Waals surface area contributed by atoms with Gasteiger partial charge in [-0.2, -0.15) is 0 Å². The molecule has 1 aromatic carbocycles. The predicted octanol–water partition coefficient (Wildman–Crippen LogP) is 3.74. The molecule has 1 aliphatic carbocycles. The Bertz CT molecular complexity index is 494. The molecule has 0 radical (unpaired) electrons. The van der Waals surface area contributed by atoms with Gasteiger partial charge >= 0.3 is 0 Å². The van der Waals surface area contributed by atoms with E-state index >= 15 is 0 Å². The molecule has 2 N–H and O–H groups in total. The lowest BCUT2D eigenvalue weighted by Crippen LogP contribution is -2.40. The first-order chi connectivity index (χ1) is 10.1. The summed E-state index contributed by atoms with van der Waals surface area (Å²) in [7, 11) is 1.72. The summed E-state index contributed by atoms with van der Waals surface area (Å²) < 4.78 is 11.6. The number of ether oxygens (including phenoxy) is 2. The number of methoxy groups -OCH3 is 1. The minimum atomic E-state index is 0.0841. The van der Waals surface area contributed by atoms with Crippen LogP contribution in [0.2, 0.25) is 0 Å². The van der Waals surface area contributed by atoms with E-state index in [0.717, 1.165) is 30.8 Å². The van der Waals surface area contributed by atoms with E-state index in [9.17, 15) is 0 Å². The first-order valence-electron chi connectivity index (χ1n) is 8.18. The fourth-order valence-electron chi connectivity index (χ4n) is 4.06. The van der Waals surface area contributed by atoms with Crippen molar-refractivity contribution in [2.45, 2.75) is 57.1 Å². The number of nitrogens with two attached hydrogens (primary N) is 1. The Morgan fingerprint density at radius 1 is 1.33 bits per heavy atom. The van der Waals surface area contributed by atoms with Crippen molar-refractivity contribution < 1.29 is 9.47 Å². The molecule has 116 valence electrons. The van der Waals surface area contributed by atoms with Crippen molar-refractivity contribution in [1.29, 1.82) is 0 Å². The third-order valence-electron chi connectivity index (χ3n) is 5.37. The van der Waals surface area contributed by atoms with Gasteiger partial charge in [0.1, 0.15) is 5.75 Å². The van der Waals surface area contributed by atoms with Gasteiger partial charge in [0.25, 0.3) is 0 Å². The molecule has 2 unspecified atom stereocenters. The fraction of sp³-hybridized carbons (Fsp3) is 0.667. The Kier molecular flexibility index (Phi) is 4.23. The van der Waals surface area contributed by atoms with Crippen LogP contribution in [0.3, 0.4) is 0 Å². The molecule has 21 heavy (non-hydrogen) atoms. The summed E-state index contributed by atoms with van der Waals surface area (Å²) in [5.41, 5.74) is 9.07. The van der Waals surface area contributed by atoms with Gasteiger partial charge in [0.15, 0.2) is 0 Å². The van der Waals surface area contributed by atoms with Crippen LogP contribution in [-0.2, 0) is 4.74 Å². The molecule has 3 nitrogen and oxygen atoms in total. The zero-order chi connectivity index (χ0) is 14.9. The van der Waals surface area contributed by atoms with Gasteiger partial charge in [-0.1, -0.05) is 25.0 Å². The Labute approximate surface area is 127 Å². The SMILES string of the molecule is COc1cc(C(N)C2CCOC3(CCCC3)C2)ccc1C. The van der Waals surface area contributed by atoms with Gasteiger partial charge in [-0.25, -0.2) is 0 Å². The number of aryl methyl sites for hydroxylation is 1. The van der Waals surface area contributed by atoms with Gasteiger partial charge in [-0.05, 0) is 55.7 Å². The van der Waals surface area contributed by atoms with E-state index in [4.69, 9.17) is 15.2 Å². The lowest BCUT2D eigenvalue weighted by molar-refractivity contribution is -0.0963. The average molecular weight is 289 g/mol. The molecule has 3 heteroatoms. The van der Waals surface area contributed by atoms with Crippen molar-refractivity contribution >= 4 is 0 Å². The highest BCUT2D eigenvalue weighted by molar-refractivity contribution is 5.38. The molecule has 2 atom stereocenters. The smallest absolute Gasteiger partial charge is 0.122 e. The van der Waals surface area contributed by atoms with Crippen molar-refractivity contribution in [1.82, 2.24) is 0 Å². The molecule has 1 saturated heterocycles. The van der Waals surface area contributed by atoms with Crippen LogP contribution in [0.4, 0.5) is 0 Å². The van der Waals surface area contributed by atoms with E-state index in [-0.39, 0.29) is 11.6 Å². The van der Waals surface area contributed by atoms with Crippen LogP contribution in [0.5, 0.6) is 5.75 Å². The summed E-state index contributed by atoms with van der Waals surface area (Å²) in [6, 6.07) is 6.45. The fourth-order valence-corrected chi connectivity index (χ4v) is 4.06. The third kappa shape index (κ3) is 2.95. The van der Waals surface area contributed by atoms with Crippen molar-refractivity contribution in [3.8, 4) is 5.75 Å². The highest BCUT2D eigenvalue weighted by Gasteiger charge is 2.41. The largest absolute Gasteiger partial charge is 0.496 e. The number of benzene rings is 1. The third-order valence-corrected chi connectivity index (χ3v) is 5.37. The molecule has 3 rings (SSSR count). The van der Waals surface area contributed by atoms with Crippen LogP contribution < -0.4 is 10.5 Å². The van der Waals surface area contributed by atoms with Crippen molar-refractivity contribution in [2.75, 3.05) is 13.7 Å². The minimum Gasteiger partial charge on any atom is -0.496 e. The van der Waals surface area contributed by atoms with Crippen molar-refractivity contribution in [3.05, 3.63) is 29.3 Å². The van der Waals surface area contributed by atoms with Crippen LogP contribution in [0.25, 0.3) is 0 Å². The van der Waals surface area contributed by atoms with Crippen LogP contribution >= 0.6 is 0 Å². The number of hydrogen-bond donors (Lipinski definition) is 1. The summed E-state index contributed by atoms with van der Waals surface area (Å²) in [6.07, 6.45) is 7.23. The van der Waals surface area contributed by atoms with Gasteiger partial charge in [0, 0.05) is 12.6 Å². The summed E-state index contributed by atoms with van der Waals surface area (Å²) >= 11 is 0. The molecule has 1 aliphatic heterocycles. The second-order valence-electron chi connectivity index (χ2n) is 6.75. The normalized spacial score (nSPS) is 26.0. The van der Waals surface area contributed by atoms with Crippen LogP contribution in [-0.4, -0.2) is 19.3 Å². The van der Waals surface area contributed by atoms with Crippen molar-refractivity contribution in [3.63, 3.8) is 0 Å². The summed E-state index contributed by atoms with van der Waals surface area (Å²) in [4.78, 5) is 0. The van der Waals surface area contributed by atoms with E-state index in [1.54, 1.807) is 7.11 Å². The molecular formula is C18H27NO2. The quantitative estimate of drug-likeness (QED) is 0.922. The second-order valence-corrected chi connectivity index (χ2v) is 6.75. The Morgan fingerprint density at radius 2 is 2.10 bits per heavy atom. The van der Waals surface area contributed by atoms with Crippen molar-refractivity contribution in [2.24, 2.45) is 11.7 Å². The zero-order valence-corrected chi connectivity index (χ0v) is 13.2. The monoisotopic (exact) mass is 289 g/mol. The summed E-state index contributed by atoms with van der Waals surface area (Å²) in [5, 5.41) is 0. The highest BCUT2D eigenvalue weighted by Crippen LogP contribution is 2.45. The first-order valence-corrected chi connectivity index (χ1v) is 8.18. The molecule has 2 aliphatic rings. The molecule has 1 heterocycles. The van der Waals surface area contributed by atoms with E-state index in [0.29, 0.717) is 5.92 Å². The molecule has 1 saturated carbocycles. The topological polar surface area (TPSA) is 44.5 Å². The van der Waals surface area contributed by atoms with Crippen LogP contribution in [0, 0.1) is 12.8 Å². The molecule has 0 bridgehead atoms. The first kappa shape index (κ1) is 14.9. The Balaban J connectivity index is 1.76. The number of rotatable bonds is 3. The minimum absolute atomic E-state index is 0.0841. The van der Waals surface area contributed by atoms with Gasteiger partial charge < -0.3 is 15.2 Å². The molecule has 0 aromatic heterocycles. The second kappa shape index (κ2) is 5.98. The molecule has 1 aromatic rings. The Morgan fingerprint density at radius 3 is 2.81 bits per heavy atom. The molecular weight excluding hydrogens is 262 g/mol. The maximum Gasteiger partial charge on any atom is 0.122 e. The lowest BCUT2D eigenvalue weighted by Gasteiger charge is -2.40. The number of hydrogen-bond acceptors (Lipinski definition) is 3. The van der Waals surface area contributed by atoms with Crippen LogP contribution in [0.15, 0.2) is 18.2 Å². The van der Waals surface area contributed by atoms with E-state index < -0.39 is 0 Å². The van der Waals surface area contributed by atoms with Gasteiger partial charge in [0.2, 0.25) is 0 Å². The predicted molar refractivity (Wildman–Crippen MR) is 84.5 cm³/mol. The maximum absolute atomic E-state index is 6.58. The maximum atomic E-state index is 6.58. The summed E-state index contributed by atoms with van der Waals surface area (Å²) in [6.45, 7) is 2.93. The molecule has 0 amide bonds. The summed E-state index contributed by atoms with van der Waals surface area (Å²) in [5.74, 6) is 1.45. The molecule has 1 spiro atoms. The molecule has 2 fully saturated rings. The lowest BCUT2D eigenvalue weighted by atomic mass is 9.79. The van der Waals surface area contributed by atoms with Gasteiger partial charge in [0.05, 0.1) is 12.7 Å². The average Bonchev–Trinajstić information content (AvgIpc) is 2.95. The van der Waals surface area contributed by atoms with Crippen LogP contribution in [0.1, 0.15) is 55.7 Å². The van der Waals surface area contributed by atoms with E-state index in [1.807, 2.05) is 0 Å². The van der Waals surface area contributed by atoms with E-state index in [1.165, 1.54) is 31.2 Å². The van der Waals surface area contributed by atoms with E-state index in [2.05, 4.69) is 25.1 Å². The zero-order valence-electron chi connectivity index (χ0n) is 13.2. The van der Waals surface area contributed by atoms with Gasteiger partial charge in [-0.15, -0.1) is 0 Å². The highest BCUT2D eigenvalue weighted by atomic mass is 16.5.